The number of benzene rings is 1. The Morgan fingerprint density at radius 3 is 2.64 bits per heavy atom. The minimum Gasteiger partial charge on any atom is -0.349 e. The maximum Gasteiger partial charge on any atom is 0.417 e. The third-order valence-electron chi connectivity index (χ3n) is 3.84. The molecule has 0 aliphatic rings. The van der Waals surface area contributed by atoms with E-state index in [2.05, 4.69) is 31.4 Å². The molecule has 0 fully saturated rings. The molecule has 1 N–H and O–H groups in total. The molecular formula is C17H13BrClF3N4OS. The number of alkyl halides is 3. The number of pyridine rings is 1. The van der Waals surface area contributed by atoms with E-state index in [4.69, 9.17) is 11.6 Å². The Kier molecular flexibility index (Phi) is 6.21. The normalized spacial score (nSPS) is 12.9. The van der Waals surface area contributed by atoms with Crippen LogP contribution in [0, 0.1) is 0 Å². The zero-order chi connectivity index (χ0) is 20.5. The van der Waals surface area contributed by atoms with Gasteiger partial charge in [-0.3, -0.25) is 9.20 Å². The number of hydrogen-bond acceptors (Lipinski definition) is 4. The fourth-order valence-corrected chi connectivity index (χ4v) is 3.67. The van der Waals surface area contributed by atoms with Gasteiger partial charge in [0.15, 0.2) is 10.8 Å². The SMILES string of the molecule is CC(NC(=O)CSc1nnc2c(Cl)cc(C(F)(F)F)cn12)c1ccc(Br)cc1. The molecule has 0 aliphatic heterocycles. The van der Waals surface area contributed by atoms with E-state index in [1.165, 1.54) is 0 Å². The highest BCUT2D eigenvalue weighted by molar-refractivity contribution is 9.10. The van der Waals surface area contributed by atoms with Crippen LogP contribution in [0.25, 0.3) is 5.65 Å². The van der Waals surface area contributed by atoms with Gasteiger partial charge in [-0.1, -0.05) is 51.4 Å². The molecular weight excluding hydrogens is 481 g/mol. The van der Waals surface area contributed by atoms with Gasteiger partial charge in [0.25, 0.3) is 0 Å². The lowest BCUT2D eigenvalue weighted by Gasteiger charge is -2.14. The first-order valence-corrected chi connectivity index (χ1v) is 10.1. The number of nitrogens with one attached hydrogen (secondary N) is 1. The molecule has 2 aromatic heterocycles. The van der Waals surface area contributed by atoms with Crippen LogP contribution in [-0.2, 0) is 11.0 Å². The van der Waals surface area contributed by atoms with Crippen molar-refractivity contribution >= 4 is 50.8 Å². The Morgan fingerprint density at radius 1 is 1.32 bits per heavy atom. The molecule has 11 heteroatoms. The van der Waals surface area contributed by atoms with Crippen molar-refractivity contribution in [3.05, 3.63) is 57.2 Å². The van der Waals surface area contributed by atoms with E-state index < -0.39 is 11.7 Å². The monoisotopic (exact) mass is 492 g/mol. The standard InChI is InChI=1S/C17H13BrClF3N4OS/c1-9(10-2-4-12(18)5-3-10)23-14(27)8-28-16-25-24-15-13(19)6-11(7-26(15)16)17(20,21)22/h2-7,9H,8H2,1H3,(H,23,27). The average molecular weight is 494 g/mol. The summed E-state index contributed by atoms with van der Waals surface area (Å²) in [5, 5.41) is 10.4. The summed E-state index contributed by atoms with van der Waals surface area (Å²) >= 11 is 10.2. The van der Waals surface area contributed by atoms with Crippen LogP contribution in [0.3, 0.4) is 0 Å². The van der Waals surface area contributed by atoms with E-state index in [9.17, 15) is 18.0 Å². The Morgan fingerprint density at radius 2 is 2.00 bits per heavy atom. The summed E-state index contributed by atoms with van der Waals surface area (Å²) < 4.78 is 41.0. The zero-order valence-corrected chi connectivity index (χ0v) is 17.5. The number of hydrogen-bond donors (Lipinski definition) is 1. The molecule has 3 rings (SSSR count). The van der Waals surface area contributed by atoms with Crippen molar-refractivity contribution in [1.82, 2.24) is 19.9 Å². The first-order valence-electron chi connectivity index (χ1n) is 7.94. The topological polar surface area (TPSA) is 59.3 Å². The molecule has 3 aromatic rings. The molecule has 0 bridgehead atoms. The molecule has 0 saturated heterocycles. The zero-order valence-electron chi connectivity index (χ0n) is 14.3. The second-order valence-electron chi connectivity index (χ2n) is 5.88. The van der Waals surface area contributed by atoms with Crippen LogP contribution in [0.5, 0.6) is 0 Å². The van der Waals surface area contributed by atoms with Gasteiger partial charge in [0, 0.05) is 10.7 Å². The lowest BCUT2D eigenvalue weighted by atomic mass is 10.1. The summed E-state index contributed by atoms with van der Waals surface area (Å²) in [5.74, 6) is -0.314. The maximum atomic E-state index is 13.0. The first kappa shape index (κ1) is 20.9. The minimum atomic E-state index is -4.55. The second-order valence-corrected chi connectivity index (χ2v) is 8.15. The van der Waals surface area contributed by atoms with Crippen LogP contribution in [0.15, 0.2) is 46.2 Å². The summed E-state index contributed by atoms with van der Waals surface area (Å²) in [6.45, 7) is 1.84. The number of thioether (sulfide) groups is 1. The van der Waals surface area contributed by atoms with Gasteiger partial charge in [0.05, 0.1) is 22.4 Å². The molecule has 1 aromatic carbocycles. The number of carbonyl (C=O) groups excluding carboxylic acids is 1. The second kappa shape index (κ2) is 8.30. The highest BCUT2D eigenvalue weighted by Crippen LogP contribution is 2.33. The van der Waals surface area contributed by atoms with E-state index in [-0.39, 0.29) is 33.5 Å². The molecule has 0 spiro atoms. The van der Waals surface area contributed by atoms with Crippen molar-refractivity contribution in [2.24, 2.45) is 0 Å². The molecule has 1 unspecified atom stereocenters. The largest absolute Gasteiger partial charge is 0.417 e. The van der Waals surface area contributed by atoms with Crippen LogP contribution in [0.1, 0.15) is 24.1 Å². The molecule has 0 saturated carbocycles. The molecule has 148 valence electrons. The fourth-order valence-electron chi connectivity index (χ4n) is 2.44. The lowest BCUT2D eigenvalue weighted by molar-refractivity contribution is -0.137. The van der Waals surface area contributed by atoms with Crippen LogP contribution in [0.4, 0.5) is 13.2 Å². The van der Waals surface area contributed by atoms with E-state index in [0.29, 0.717) is 0 Å². The van der Waals surface area contributed by atoms with Crippen molar-refractivity contribution in [2.45, 2.75) is 24.3 Å². The highest BCUT2D eigenvalue weighted by Gasteiger charge is 2.32. The Bertz CT molecular complexity index is 1010. The molecule has 0 radical (unpaired) electrons. The smallest absolute Gasteiger partial charge is 0.349 e. The lowest BCUT2D eigenvalue weighted by Crippen LogP contribution is -2.28. The van der Waals surface area contributed by atoms with Gasteiger partial charge in [-0.25, -0.2) is 0 Å². The summed E-state index contributed by atoms with van der Waals surface area (Å²) in [4.78, 5) is 12.2. The van der Waals surface area contributed by atoms with E-state index in [1.807, 2.05) is 31.2 Å². The van der Waals surface area contributed by atoms with Crippen molar-refractivity contribution in [2.75, 3.05) is 5.75 Å². The van der Waals surface area contributed by atoms with E-state index in [1.54, 1.807) is 0 Å². The van der Waals surface area contributed by atoms with Gasteiger partial charge in [-0.2, -0.15) is 13.2 Å². The van der Waals surface area contributed by atoms with Crippen LogP contribution in [0.2, 0.25) is 5.02 Å². The molecule has 0 aliphatic carbocycles. The van der Waals surface area contributed by atoms with Crippen molar-refractivity contribution in [3.8, 4) is 0 Å². The summed E-state index contributed by atoms with van der Waals surface area (Å²) in [6.07, 6.45) is -3.69. The average Bonchev–Trinajstić information content (AvgIpc) is 3.03. The predicted octanol–water partition coefficient (Wildman–Crippen LogP) is 5.13. The Balaban J connectivity index is 1.70. The van der Waals surface area contributed by atoms with Gasteiger partial charge in [0.2, 0.25) is 5.91 Å². The number of carbonyl (C=O) groups is 1. The highest BCUT2D eigenvalue weighted by atomic mass is 79.9. The Labute approximate surface area is 175 Å². The number of amides is 1. The van der Waals surface area contributed by atoms with Gasteiger partial charge < -0.3 is 5.32 Å². The van der Waals surface area contributed by atoms with Crippen molar-refractivity contribution in [1.29, 1.82) is 0 Å². The van der Waals surface area contributed by atoms with Gasteiger partial charge in [-0.05, 0) is 30.7 Å². The third-order valence-corrected chi connectivity index (χ3v) is 5.59. The van der Waals surface area contributed by atoms with Gasteiger partial charge >= 0.3 is 6.18 Å². The van der Waals surface area contributed by atoms with Crippen LogP contribution < -0.4 is 5.32 Å². The Hall–Kier alpha value is -1.78. The number of aromatic nitrogens is 3. The molecule has 1 amide bonds. The molecule has 1 atom stereocenters. The van der Waals surface area contributed by atoms with E-state index in [0.717, 1.165) is 38.5 Å². The third kappa shape index (κ3) is 4.79. The van der Waals surface area contributed by atoms with Crippen molar-refractivity contribution < 1.29 is 18.0 Å². The molecule has 28 heavy (non-hydrogen) atoms. The summed E-state index contributed by atoms with van der Waals surface area (Å²) in [6, 6.07) is 8.09. The fraction of sp³-hybridized carbons (Fsp3) is 0.235. The first-order chi connectivity index (χ1) is 13.1. The maximum absolute atomic E-state index is 13.0. The molecule has 5 nitrogen and oxygen atoms in total. The van der Waals surface area contributed by atoms with Crippen LogP contribution in [-0.4, -0.2) is 26.3 Å². The van der Waals surface area contributed by atoms with Gasteiger partial charge in [-0.15, -0.1) is 10.2 Å². The van der Waals surface area contributed by atoms with Gasteiger partial charge in [0.1, 0.15) is 0 Å². The number of nitrogens with zero attached hydrogens (tertiary/aromatic N) is 3. The minimum absolute atomic E-state index is 0.0322. The summed E-state index contributed by atoms with van der Waals surface area (Å²) in [7, 11) is 0. The van der Waals surface area contributed by atoms with E-state index >= 15 is 0 Å². The predicted molar refractivity (Wildman–Crippen MR) is 104 cm³/mol. The van der Waals surface area contributed by atoms with Crippen LogP contribution >= 0.6 is 39.3 Å². The summed E-state index contributed by atoms with van der Waals surface area (Å²) in [5.41, 5.74) is 0.108. The number of halogens is 5. The number of fused-ring (bicyclic) bond motifs is 1. The molecule has 2 heterocycles. The quantitative estimate of drug-likeness (QED) is 0.501. The van der Waals surface area contributed by atoms with Crippen molar-refractivity contribution in [3.63, 3.8) is 0 Å². The number of rotatable bonds is 5.